The highest BCUT2D eigenvalue weighted by Crippen LogP contribution is 2.45. The van der Waals surface area contributed by atoms with Gasteiger partial charge in [-0.1, -0.05) is 134 Å². The first-order valence-electron chi connectivity index (χ1n) is 16.4. The maximum Gasteiger partial charge on any atom is 0.143 e. The van der Waals surface area contributed by atoms with Gasteiger partial charge in [0.2, 0.25) is 0 Å². The van der Waals surface area contributed by atoms with Crippen molar-refractivity contribution in [1.29, 1.82) is 0 Å². The molecule has 1 aliphatic rings. The number of anilines is 3. The number of allylic oxidation sites excluding steroid dienone is 1. The number of para-hydroxylation sites is 2. The molecule has 1 aliphatic carbocycles. The van der Waals surface area contributed by atoms with Crippen LogP contribution >= 0.6 is 0 Å². The maximum absolute atomic E-state index is 6.40. The minimum Gasteiger partial charge on any atom is -0.455 e. The molecule has 0 saturated heterocycles. The smallest absolute Gasteiger partial charge is 0.143 e. The fourth-order valence-electron chi connectivity index (χ4n) is 7.32. The van der Waals surface area contributed by atoms with Crippen molar-refractivity contribution in [3.8, 4) is 22.3 Å². The monoisotopic (exact) mass is 603 g/mol. The van der Waals surface area contributed by atoms with E-state index in [0.29, 0.717) is 5.92 Å². The van der Waals surface area contributed by atoms with Crippen LogP contribution in [0.3, 0.4) is 0 Å². The van der Waals surface area contributed by atoms with Crippen LogP contribution in [0.5, 0.6) is 0 Å². The zero-order valence-electron chi connectivity index (χ0n) is 26.2. The molecule has 2 heteroatoms. The molecule has 9 rings (SSSR count). The number of nitrogens with zero attached hydrogens (tertiary/aromatic N) is 1. The van der Waals surface area contributed by atoms with E-state index in [4.69, 9.17) is 4.42 Å². The number of hydrogen-bond donors (Lipinski definition) is 0. The normalized spacial score (nSPS) is 14.1. The van der Waals surface area contributed by atoms with Gasteiger partial charge < -0.3 is 9.32 Å². The van der Waals surface area contributed by atoms with Gasteiger partial charge in [-0.3, -0.25) is 0 Å². The van der Waals surface area contributed by atoms with Gasteiger partial charge in [-0.15, -0.1) is 0 Å². The average molecular weight is 604 g/mol. The van der Waals surface area contributed by atoms with E-state index < -0.39 is 0 Å². The van der Waals surface area contributed by atoms with Crippen LogP contribution in [-0.2, 0) is 0 Å². The molecule has 1 heterocycles. The molecule has 2 nitrogen and oxygen atoms in total. The van der Waals surface area contributed by atoms with Gasteiger partial charge in [-0.2, -0.15) is 0 Å². The number of rotatable bonds is 5. The first-order chi connectivity index (χ1) is 23.2. The topological polar surface area (TPSA) is 16.4 Å². The summed E-state index contributed by atoms with van der Waals surface area (Å²) in [6.07, 6.45) is 5.69. The minimum absolute atomic E-state index is 0.451. The van der Waals surface area contributed by atoms with Gasteiger partial charge in [0.05, 0.1) is 5.69 Å². The van der Waals surface area contributed by atoms with Crippen LogP contribution in [0.15, 0.2) is 162 Å². The third kappa shape index (κ3) is 4.64. The Bertz CT molecular complexity index is 2430. The summed E-state index contributed by atoms with van der Waals surface area (Å²) in [5.74, 6) is 0.451. The second-order valence-corrected chi connectivity index (χ2v) is 12.6. The summed E-state index contributed by atoms with van der Waals surface area (Å²) in [7, 11) is 0. The molecule has 0 fully saturated rings. The Morgan fingerprint density at radius 2 is 1.17 bits per heavy atom. The number of fused-ring (bicyclic) bond motifs is 6. The lowest BCUT2D eigenvalue weighted by Crippen LogP contribution is -2.12. The molecule has 0 N–H and O–H groups in total. The van der Waals surface area contributed by atoms with Crippen LogP contribution in [0.25, 0.3) is 61.0 Å². The molecule has 0 bridgehead atoms. The highest BCUT2D eigenvalue weighted by Gasteiger charge is 2.22. The third-order valence-corrected chi connectivity index (χ3v) is 9.72. The van der Waals surface area contributed by atoms with Crippen LogP contribution in [0.4, 0.5) is 17.1 Å². The molecule has 224 valence electrons. The van der Waals surface area contributed by atoms with Gasteiger partial charge in [-0.05, 0) is 81.9 Å². The molecule has 0 amide bonds. The lowest BCUT2D eigenvalue weighted by molar-refractivity contribution is 0.670. The highest BCUT2D eigenvalue weighted by molar-refractivity contribution is 6.10. The summed E-state index contributed by atoms with van der Waals surface area (Å²) in [5.41, 5.74) is 12.7. The summed E-state index contributed by atoms with van der Waals surface area (Å²) in [4.78, 5) is 2.42. The van der Waals surface area contributed by atoms with Crippen LogP contribution < -0.4 is 4.90 Å². The van der Waals surface area contributed by atoms with Gasteiger partial charge >= 0.3 is 0 Å². The lowest BCUT2D eigenvalue weighted by atomic mass is 9.84. The molecule has 0 aliphatic heterocycles. The van der Waals surface area contributed by atoms with E-state index in [9.17, 15) is 0 Å². The van der Waals surface area contributed by atoms with Crippen molar-refractivity contribution in [3.05, 3.63) is 169 Å². The Morgan fingerprint density at radius 3 is 1.94 bits per heavy atom. The molecule has 1 aromatic heterocycles. The highest BCUT2D eigenvalue weighted by atomic mass is 16.3. The fraction of sp³-hybridized carbons (Fsp3) is 0.0667. The van der Waals surface area contributed by atoms with E-state index >= 15 is 0 Å². The SMILES string of the molecule is C[C@@H]1CC=Cc2c1cc(N(c1ccc(-c3ccccc3)cc1)c1ccc(-c3cccc4c3oc3ccccc34)cc1)c1ccccc21. The van der Waals surface area contributed by atoms with E-state index in [-0.39, 0.29) is 0 Å². The van der Waals surface area contributed by atoms with Crippen LogP contribution in [-0.4, -0.2) is 0 Å². The van der Waals surface area contributed by atoms with Crippen molar-refractivity contribution in [2.75, 3.05) is 4.90 Å². The predicted molar refractivity (Wildman–Crippen MR) is 199 cm³/mol. The van der Waals surface area contributed by atoms with Crippen molar-refractivity contribution in [2.45, 2.75) is 19.3 Å². The molecule has 8 aromatic rings. The third-order valence-electron chi connectivity index (χ3n) is 9.72. The standard InChI is InChI=1S/C45H33NO/c1-30-11-9-18-38-37-14-5-6-15-39(37)43(29-42(30)38)46(34-25-21-32(22-26-34)31-12-3-2-4-13-31)35-27-23-33(24-28-35)36-17-10-19-41-40-16-7-8-20-44(40)47-45(36)41/h2-10,12-30H,11H2,1H3/t30-/m1/s1. The Hall–Kier alpha value is -5.86. The summed E-state index contributed by atoms with van der Waals surface area (Å²) >= 11 is 0. The Balaban J connectivity index is 1.21. The molecule has 0 radical (unpaired) electrons. The minimum atomic E-state index is 0.451. The largest absolute Gasteiger partial charge is 0.455 e. The molecule has 0 spiro atoms. The summed E-state index contributed by atoms with van der Waals surface area (Å²) in [5, 5.41) is 4.83. The molecular formula is C45H33NO. The first-order valence-corrected chi connectivity index (χ1v) is 16.4. The van der Waals surface area contributed by atoms with Gasteiger partial charge in [0, 0.05) is 33.1 Å². The number of furan rings is 1. The molecule has 7 aromatic carbocycles. The van der Waals surface area contributed by atoms with E-state index in [2.05, 4.69) is 164 Å². The average Bonchev–Trinajstić information content (AvgIpc) is 3.52. The van der Waals surface area contributed by atoms with Crippen molar-refractivity contribution in [2.24, 2.45) is 0 Å². The van der Waals surface area contributed by atoms with Crippen LogP contribution in [0.2, 0.25) is 0 Å². The Morgan fingerprint density at radius 1 is 0.553 bits per heavy atom. The molecule has 47 heavy (non-hydrogen) atoms. The summed E-state index contributed by atoms with van der Waals surface area (Å²) in [6, 6.07) is 54.5. The maximum atomic E-state index is 6.40. The van der Waals surface area contributed by atoms with Gasteiger partial charge in [0.25, 0.3) is 0 Å². The van der Waals surface area contributed by atoms with Crippen LogP contribution in [0.1, 0.15) is 30.4 Å². The van der Waals surface area contributed by atoms with Crippen molar-refractivity contribution in [1.82, 2.24) is 0 Å². The van der Waals surface area contributed by atoms with E-state index in [1.807, 2.05) is 12.1 Å². The van der Waals surface area contributed by atoms with E-state index in [1.165, 1.54) is 38.7 Å². The second kappa shape index (κ2) is 11.2. The van der Waals surface area contributed by atoms with Gasteiger partial charge in [0.1, 0.15) is 11.2 Å². The number of benzene rings is 7. The predicted octanol–water partition coefficient (Wildman–Crippen LogP) is 13.1. The molecule has 0 unspecified atom stereocenters. The van der Waals surface area contributed by atoms with Crippen molar-refractivity contribution < 1.29 is 4.42 Å². The molecule has 1 atom stereocenters. The Kier molecular flexibility index (Phi) is 6.53. The van der Waals surface area contributed by atoms with Crippen molar-refractivity contribution >= 4 is 55.8 Å². The van der Waals surface area contributed by atoms with Gasteiger partial charge in [0.15, 0.2) is 0 Å². The fourth-order valence-corrected chi connectivity index (χ4v) is 7.32. The zero-order valence-corrected chi connectivity index (χ0v) is 26.2. The Labute approximate surface area is 274 Å². The van der Waals surface area contributed by atoms with Crippen molar-refractivity contribution in [3.63, 3.8) is 0 Å². The first kappa shape index (κ1) is 27.5. The number of hydrogen-bond acceptors (Lipinski definition) is 2. The summed E-state index contributed by atoms with van der Waals surface area (Å²) < 4.78 is 6.40. The van der Waals surface area contributed by atoms with Gasteiger partial charge in [-0.25, -0.2) is 0 Å². The molecular weight excluding hydrogens is 571 g/mol. The quantitative estimate of drug-likeness (QED) is 0.195. The second-order valence-electron chi connectivity index (χ2n) is 12.6. The zero-order chi connectivity index (χ0) is 31.3. The summed E-state index contributed by atoms with van der Waals surface area (Å²) in [6.45, 7) is 2.34. The molecule has 0 saturated carbocycles. The van der Waals surface area contributed by atoms with E-state index in [0.717, 1.165) is 50.9 Å². The van der Waals surface area contributed by atoms with Crippen LogP contribution in [0, 0.1) is 0 Å². The van der Waals surface area contributed by atoms with E-state index in [1.54, 1.807) is 0 Å². The lowest BCUT2D eigenvalue weighted by Gasteiger charge is -2.30.